The SMILES string of the molecule is NS(=O)(=O)c1ccc(N=c2sc(C3=c4cc([N+](=O)[O-])ccc4=NC3=O)c(O)n2-c2ccc(F)cc2)cc1. The van der Waals surface area contributed by atoms with E-state index in [0.29, 0.717) is 11.4 Å². The zero-order valence-corrected chi connectivity index (χ0v) is 20.0. The van der Waals surface area contributed by atoms with Gasteiger partial charge in [0.15, 0.2) is 4.80 Å². The van der Waals surface area contributed by atoms with Crippen molar-refractivity contribution < 1.29 is 27.6 Å². The maximum absolute atomic E-state index is 13.6. The molecule has 3 N–H and O–H groups in total. The van der Waals surface area contributed by atoms with Crippen LogP contribution in [0.5, 0.6) is 5.88 Å². The number of carbonyl (C=O) groups excluding carboxylic acids is 1. The third-order valence-electron chi connectivity index (χ3n) is 5.40. The van der Waals surface area contributed by atoms with E-state index >= 15 is 0 Å². The van der Waals surface area contributed by atoms with Gasteiger partial charge in [0.25, 0.3) is 11.6 Å². The van der Waals surface area contributed by atoms with Crippen molar-refractivity contribution in [2.45, 2.75) is 4.90 Å². The van der Waals surface area contributed by atoms with Gasteiger partial charge in [-0.05, 0) is 54.6 Å². The minimum atomic E-state index is -3.92. The number of hydrogen-bond donors (Lipinski definition) is 2. The largest absolute Gasteiger partial charge is 0.493 e. The van der Waals surface area contributed by atoms with Crippen molar-refractivity contribution in [1.29, 1.82) is 0 Å². The molecule has 2 heterocycles. The first-order valence-electron chi connectivity index (χ1n) is 10.3. The van der Waals surface area contributed by atoms with Crippen molar-refractivity contribution in [2.75, 3.05) is 0 Å². The van der Waals surface area contributed by atoms with Crippen molar-refractivity contribution >= 4 is 44.2 Å². The highest BCUT2D eigenvalue weighted by atomic mass is 32.2. The molecule has 0 fully saturated rings. The topological polar surface area (TPSA) is 170 Å². The maximum atomic E-state index is 13.6. The molecule has 1 aromatic heterocycles. The van der Waals surface area contributed by atoms with Crippen LogP contribution in [0, 0.1) is 15.9 Å². The summed E-state index contributed by atoms with van der Waals surface area (Å²) in [6.07, 6.45) is 0. The number of benzene rings is 3. The van der Waals surface area contributed by atoms with Gasteiger partial charge in [-0.3, -0.25) is 19.5 Å². The number of aromatic nitrogens is 1. The number of hydrogen-bond acceptors (Lipinski definition) is 8. The molecule has 4 aromatic rings. The van der Waals surface area contributed by atoms with Gasteiger partial charge in [-0.2, -0.15) is 0 Å². The molecular formula is C23H14FN5O6S2. The van der Waals surface area contributed by atoms with Crippen LogP contribution in [0.25, 0.3) is 11.3 Å². The Labute approximate surface area is 210 Å². The molecule has 0 spiro atoms. The van der Waals surface area contributed by atoms with Gasteiger partial charge in [0.2, 0.25) is 15.9 Å². The predicted octanol–water partition coefficient (Wildman–Crippen LogP) is 1.53. The summed E-state index contributed by atoms with van der Waals surface area (Å²) in [4.78, 5) is 32.0. The van der Waals surface area contributed by atoms with Gasteiger partial charge in [-0.25, -0.2) is 27.9 Å². The normalized spacial score (nSPS) is 13.5. The van der Waals surface area contributed by atoms with E-state index in [4.69, 9.17) is 5.14 Å². The van der Waals surface area contributed by atoms with Crippen LogP contribution in [0.15, 0.2) is 81.6 Å². The minimum Gasteiger partial charge on any atom is -0.493 e. The molecule has 0 aliphatic carbocycles. The van der Waals surface area contributed by atoms with E-state index in [-0.39, 0.29) is 36.4 Å². The zero-order valence-electron chi connectivity index (χ0n) is 18.4. The van der Waals surface area contributed by atoms with E-state index in [9.17, 15) is 32.8 Å². The molecule has 186 valence electrons. The Morgan fingerprint density at radius 3 is 2.38 bits per heavy atom. The summed E-state index contributed by atoms with van der Waals surface area (Å²) >= 11 is 0.890. The molecule has 37 heavy (non-hydrogen) atoms. The van der Waals surface area contributed by atoms with E-state index in [1.54, 1.807) is 0 Å². The number of fused-ring (bicyclic) bond motifs is 1. The van der Waals surface area contributed by atoms with E-state index in [0.717, 1.165) is 11.3 Å². The Morgan fingerprint density at radius 2 is 1.76 bits per heavy atom. The van der Waals surface area contributed by atoms with Crippen LogP contribution in [-0.4, -0.2) is 28.9 Å². The van der Waals surface area contributed by atoms with Gasteiger partial charge >= 0.3 is 0 Å². The third kappa shape index (κ3) is 4.44. The predicted molar refractivity (Wildman–Crippen MR) is 130 cm³/mol. The fraction of sp³-hybridized carbons (Fsp3) is 0. The van der Waals surface area contributed by atoms with Gasteiger partial charge in [0.1, 0.15) is 10.7 Å². The molecule has 0 atom stereocenters. The van der Waals surface area contributed by atoms with Gasteiger partial charge in [-0.1, -0.05) is 11.3 Å². The molecule has 1 aliphatic rings. The van der Waals surface area contributed by atoms with Crippen molar-refractivity contribution in [2.24, 2.45) is 15.1 Å². The summed E-state index contributed by atoms with van der Waals surface area (Å²) in [6, 6.07) is 14.2. The molecule has 3 aromatic carbocycles. The Morgan fingerprint density at radius 1 is 1.08 bits per heavy atom. The molecule has 11 nitrogen and oxygen atoms in total. The van der Waals surface area contributed by atoms with Crippen LogP contribution >= 0.6 is 11.3 Å². The number of primary sulfonamides is 1. The smallest absolute Gasteiger partial charge is 0.279 e. The first-order chi connectivity index (χ1) is 17.5. The molecule has 0 saturated heterocycles. The van der Waals surface area contributed by atoms with Gasteiger partial charge in [-0.15, -0.1) is 0 Å². The van der Waals surface area contributed by atoms with E-state index in [2.05, 4.69) is 9.98 Å². The summed E-state index contributed by atoms with van der Waals surface area (Å²) in [7, 11) is -3.92. The summed E-state index contributed by atoms with van der Waals surface area (Å²) < 4.78 is 38.0. The van der Waals surface area contributed by atoms with Crippen LogP contribution in [-0.2, 0) is 14.8 Å². The van der Waals surface area contributed by atoms with Crippen molar-refractivity contribution in [3.63, 3.8) is 0 Å². The third-order valence-corrected chi connectivity index (χ3v) is 7.37. The number of amides is 1. The number of nitrogens with two attached hydrogens (primary N) is 1. The lowest BCUT2D eigenvalue weighted by Gasteiger charge is -2.06. The second kappa shape index (κ2) is 8.85. The molecule has 0 saturated carbocycles. The fourth-order valence-corrected chi connectivity index (χ4v) is 5.30. The van der Waals surface area contributed by atoms with Crippen molar-refractivity contribution in [1.82, 2.24) is 4.57 Å². The molecule has 1 amide bonds. The van der Waals surface area contributed by atoms with E-state index < -0.39 is 32.6 Å². The highest BCUT2D eigenvalue weighted by molar-refractivity contribution is 7.89. The van der Waals surface area contributed by atoms with Gasteiger partial charge < -0.3 is 5.11 Å². The van der Waals surface area contributed by atoms with Crippen LogP contribution in [0.4, 0.5) is 15.8 Å². The molecule has 0 bridgehead atoms. The molecule has 5 rings (SSSR count). The quantitative estimate of drug-likeness (QED) is 0.288. The highest BCUT2D eigenvalue weighted by Gasteiger charge is 2.27. The zero-order chi connectivity index (χ0) is 26.5. The Kier molecular flexibility index (Phi) is 5.78. The molecule has 1 aliphatic heterocycles. The summed E-state index contributed by atoms with van der Waals surface area (Å²) in [5.74, 6) is -1.64. The molecule has 0 radical (unpaired) electrons. The number of carbonyl (C=O) groups is 1. The second-order valence-corrected chi connectivity index (χ2v) is 10.3. The summed E-state index contributed by atoms with van der Waals surface area (Å²) in [6.45, 7) is 0. The van der Waals surface area contributed by atoms with Crippen molar-refractivity contribution in [3.8, 4) is 11.6 Å². The first-order valence-corrected chi connectivity index (χ1v) is 12.7. The maximum Gasteiger partial charge on any atom is 0.279 e. The number of thiazole rings is 1. The molecular weight excluding hydrogens is 525 g/mol. The Bertz CT molecular complexity index is 1910. The molecule has 0 unspecified atom stereocenters. The van der Waals surface area contributed by atoms with Crippen LogP contribution in [0.2, 0.25) is 0 Å². The minimum absolute atomic E-state index is 0.0391. The van der Waals surface area contributed by atoms with E-state index in [1.165, 1.54) is 71.3 Å². The second-order valence-electron chi connectivity index (χ2n) is 7.75. The number of nitro groups is 1. The van der Waals surface area contributed by atoms with E-state index in [1.807, 2.05) is 0 Å². The lowest BCUT2D eigenvalue weighted by atomic mass is 10.1. The lowest BCUT2D eigenvalue weighted by Crippen LogP contribution is -2.23. The highest BCUT2D eigenvalue weighted by Crippen LogP contribution is 2.31. The number of aromatic hydroxyl groups is 1. The summed E-state index contributed by atoms with van der Waals surface area (Å²) in [5, 5.41) is 28.0. The number of nitro benzene ring substituents is 1. The summed E-state index contributed by atoms with van der Waals surface area (Å²) in [5.41, 5.74) is 0.287. The number of nitrogens with zero attached hydrogens (tertiary/aromatic N) is 4. The monoisotopic (exact) mass is 539 g/mol. The first kappa shape index (κ1) is 24.2. The average Bonchev–Trinajstić information content (AvgIpc) is 3.33. The van der Waals surface area contributed by atoms with Crippen LogP contribution in [0.3, 0.4) is 0 Å². The van der Waals surface area contributed by atoms with Gasteiger partial charge in [0.05, 0.1) is 32.1 Å². The van der Waals surface area contributed by atoms with Crippen LogP contribution in [0.1, 0.15) is 4.88 Å². The number of sulfonamides is 1. The molecule has 14 heteroatoms. The number of halogens is 1. The van der Waals surface area contributed by atoms with Crippen LogP contribution < -0.4 is 20.5 Å². The number of rotatable bonds is 5. The van der Waals surface area contributed by atoms with Crippen molar-refractivity contribution in [3.05, 3.63) is 103 Å². The Hall–Kier alpha value is -4.53. The average molecular weight is 540 g/mol. The fourth-order valence-electron chi connectivity index (χ4n) is 3.69. The van der Waals surface area contributed by atoms with Gasteiger partial charge in [0, 0.05) is 17.4 Å². The Balaban J connectivity index is 1.79. The number of non-ortho nitro benzene ring substituents is 1. The lowest BCUT2D eigenvalue weighted by molar-refractivity contribution is -0.385. The standard InChI is InChI=1S/C23H14FN5O6S2/c24-12-1-5-14(6-2-12)28-22(31)20(19-17-11-15(29(32)33)7-10-18(17)27-21(19)30)36-23(28)26-13-3-8-16(9-4-13)37(25,34)35/h1-11,31H,(H2,25,34,35).